The summed E-state index contributed by atoms with van der Waals surface area (Å²) in [5.41, 5.74) is 2.66. The number of anilines is 2. The lowest BCUT2D eigenvalue weighted by molar-refractivity contribution is 0.232. The Morgan fingerprint density at radius 3 is 2.62 bits per heavy atom. The molecule has 0 atom stereocenters. The molecule has 156 valence electrons. The zero-order valence-corrected chi connectivity index (χ0v) is 16.8. The van der Waals surface area contributed by atoms with E-state index in [1.165, 1.54) is 0 Å². The Morgan fingerprint density at radius 2 is 1.97 bits per heavy atom. The van der Waals surface area contributed by atoms with E-state index in [4.69, 9.17) is 0 Å². The Morgan fingerprint density at radius 1 is 1.24 bits per heavy atom. The van der Waals surface area contributed by atoms with Crippen LogP contribution in [0.2, 0.25) is 0 Å². The van der Waals surface area contributed by atoms with Crippen LogP contribution in [-0.4, -0.2) is 35.8 Å². The van der Waals surface area contributed by atoms with Crippen molar-refractivity contribution in [2.45, 2.75) is 25.6 Å². The number of aromatic nitrogens is 3. The number of hydrogen-bond donors (Lipinski definition) is 1. The number of hydrogen-bond acceptors (Lipinski definition) is 5. The quantitative estimate of drug-likeness (QED) is 0.627. The first kappa shape index (κ1) is 21.1. The van der Waals surface area contributed by atoms with Crippen LogP contribution in [0.15, 0.2) is 30.7 Å². The maximum atomic E-state index is 14.9. The number of alkyl halides is 2. The van der Waals surface area contributed by atoms with Gasteiger partial charge in [-0.1, -0.05) is 13.0 Å². The highest BCUT2D eigenvalue weighted by atomic mass is 32.2. The van der Waals surface area contributed by atoms with E-state index >= 15 is 0 Å². The number of pyridine rings is 1. The van der Waals surface area contributed by atoms with Crippen molar-refractivity contribution < 1.29 is 21.6 Å². The first-order valence-electron chi connectivity index (χ1n) is 8.72. The highest BCUT2D eigenvalue weighted by Crippen LogP contribution is 2.31. The average Bonchev–Trinajstić information content (AvgIpc) is 3.05. The first-order valence-corrected chi connectivity index (χ1v) is 10.3. The first-order chi connectivity index (χ1) is 13.6. The minimum absolute atomic E-state index is 0.246. The molecular weight excluding hydrogens is 407 g/mol. The number of nitrogens with zero attached hydrogens (tertiary/aromatic N) is 4. The number of aryl methyl sites for hydroxylation is 2. The molecule has 0 spiro atoms. The predicted molar refractivity (Wildman–Crippen MR) is 104 cm³/mol. The van der Waals surface area contributed by atoms with Crippen LogP contribution in [0, 0.1) is 5.82 Å². The maximum absolute atomic E-state index is 14.9. The molecule has 2 aromatic heterocycles. The molecule has 11 heteroatoms. The molecule has 0 saturated carbocycles. The third-order valence-electron chi connectivity index (χ3n) is 4.57. The third kappa shape index (κ3) is 4.20. The lowest BCUT2D eigenvalue weighted by Gasteiger charge is -2.23. The van der Waals surface area contributed by atoms with Crippen LogP contribution in [0.1, 0.15) is 18.1 Å². The van der Waals surface area contributed by atoms with Gasteiger partial charge in [0.25, 0.3) is 10.0 Å². The second-order valence-corrected chi connectivity index (χ2v) is 8.25. The molecule has 3 rings (SSSR count). The van der Waals surface area contributed by atoms with Gasteiger partial charge in [-0.25, -0.2) is 27.5 Å². The highest BCUT2D eigenvalue weighted by molar-refractivity contribution is 7.89. The van der Waals surface area contributed by atoms with Gasteiger partial charge < -0.3 is 9.47 Å². The van der Waals surface area contributed by atoms with Crippen LogP contribution in [0.25, 0.3) is 11.0 Å². The van der Waals surface area contributed by atoms with Gasteiger partial charge in [-0.15, -0.1) is 0 Å². The van der Waals surface area contributed by atoms with Crippen LogP contribution in [0.3, 0.4) is 0 Å². The molecule has 3 aromatic rings. The molecule has 1 N–H and O–H groups in total. The third-order valence-corrected chi connectivity index (χ3v) is 5.59. The standard InChI is InChI=1S/C18H20F3N5O2S/c1-4-12-5-11(8-24-29(27,28)18(20)21)6-13(19)17(12)26(3)16-7-15-14(9-22-16)23-10-25(15)2/h5-7,9-10,18,24H,4,8H2,1-3H3. The van der Waals surface area contributed by atoms with Crippen LogP contribution >= 0.6 is 0 Å². The topological polar surface area (TPSA) is 80.1 Å². The van der Waals surface area contributed by atoms with Crippen molar-refractivity contribution in [3.8, 4) is 0 Å². The summed E-state index contributed by atoms with van der Waals surface area (Å²) in [5, 5.41) is 0. The number of benzene rings is 1. The summed E-state index contributed by atoms with van der Waals surface area (Å²) < 4.78 is 65.9. The second-order valence-electron chi connectivity index (χ2n) is 6.51. The zero-order valence-electron chi connectivity index (χ0n) is 16.0. The minimum atomic E-state index is -4.75. The van der Waals surface area contributed by atoms with E-state index in [0.29, 0.717) is 23.3 Å². The fourth-order valence-corrected chi connectivity index (χ4v) is 3.52. The van der Waals surface area contributed by atoms with Crippen molar-refractivity contribution >= 4 is 32.6 Å². The van der Waals surface area contributed by atoms with Gasteiger partial charge in [-0.2, -0.15) is 8.78 Å². The van der Waals surface area contributed by atoms with E-state index in [9.17, 15) is 21.6 Å². The van der Waals surface area contributed by atoms with Crippen molar-refractivity contribution in [2.24, 2.45) is 7.05 Å². The highest BCUT2D eigenvalue weighted by Gasteiger charge is 2.24. The molecule has 7 nitrogen and oxygen atoms in total. The van der Waals surface area contributed by atoms with Crippen molar-refractivity contribution in [3.05, 3.63) is 47.7 Å². The summed E-state index contributed by atoms with van der Waals surface area (Å²) in [6.45, 7) is 1.39. The van der Waals surface area contributed by atoms with E-state index < -0.39 is 28.1 Å². The number of rotatable bonds is 7. The van der Waals surface area contributed by atoms with Gasteiger partial charge in [-0.3, -0.25) is 0 Å². The largest absolute Gasteiger partial charge is 0.350 e. The van der Waals surface area contributed by atoms with Gasteiger partial charge in [0, 0.05) is 26.7 Å². The van der Waals surface area contributed by atoms with E-state index in [-0.39, 0.29) is 11.3 Å². The number of fused-ring (bicyclic) bond motifs is 1. The lowest BCUT2D eigenvalue weighted by Crippen LogP contribution is -2.29. The molecule has 29 heavy (non-hydrogen) atoms. The summed E-state index contributed by atoms with van der Waals surface area (Å²) >= 11 is 0. The summed E-state index contributed by atoms with van der Waals surface area (Å²) in [4.78, 5) is 10.1. The van der Waals surface area contributed by atoms with Gasteiger partial charge >= 0.3 is 5.76 Å². The minimum Gasteiger partial charge on any atom is -0.334 e. The Balaban J connectivity index is 1.95. The molecule has 0 amide bonds. The van der Waals surface area contributed by atoms with Crippen molar-refractivity contribution in [3.63, 3.8) is 0 Å². The second kappa shape index (κ2) is 7.99. The van der Waals surface area contributed by atoms with Crippen molar-refractivity contribution in [1.29, 1.82) is 0 Å². The molecule has 0 aliphatic carbocycles. The number of imidazole rings is 1. The molecule has 0 unspecified atom stereocenters. The summed E-state index contributed by atoms with van der Waals surface area (Å²) in [6.07, 6.45) is 3.70. The number of sulfonamides is 1. The molecule has 0 fully saturated rings. The smallest absolute Gasteiger partial charge is 0.334 e. The van der Waals surface area contributed by atoms with Crippen molar-refractivity contribution in [2.75, 3.05) is 11.9 Å². The lowest BCUT2D eigenvalue weighted by atomic mass is 10.0. The monoisotopic (exact) mass is 427 g/mol. The van der Waals surface area contributed by atoms with Gasteiger partial charge in [0.2, 0.25) is 0 Å². The fraction of sp³-hybridized carbons (Fsp3) is 0.333. The van der Waals surface area contributed by atoms with E-state index in [1.54, 1.807) is 41.3 Å². The SMILES string of the molecule is CCc1cc(CNS(=O)(=O)C(F)F)cc(F)c1N(C)c1cc2c(cn1)ncn2C. The molecule has 0 saturated heterocycles. The molecule has 1 aromatic carbocycles. The van der Waals surface area contributed by atoms with Crippen LogP contribution in [0.5, 0.6) is 0 Å². The molecule has 2 heterocycles. The molecule has 0 bridgehead atoms. The van der Waals surface area contributed by atoms with Crippen molar-refractivity contribution in [1.82, 2.24) is 19.3 Å². The zero-order chi connectivity index (χ0) is 21.3. The number of halogens is 3. The Labute approximate surface area is 166 Å². The van der Waals surface area contributed by atoms with Crippen LogP contribution in [0.4, 0.5) is 24.7 Å². The summed E-state index contributed by atoms with van der Waals surface area (Å²) in [7, 11) is -1.24. The Kier molecular flexibility index (Phi) is 5.80. The summed E-state index contributed by atoms with van der Waals surface area (Å²) in [5.74, 6) is -3.65. The van der Waals surface area contributed by atoms with Gasteiger partial charge in [0.1, 0.15) is 17.2 Å². The van der Waals surface area contributed by atoms with E-state index in [2.05, 4.69) is 9.97 Å². The predicted octanol–water partition coefficient (Wildman–Crippen LogP) is 3.08. The molecule has 0 aliphatic heterocycles. The maximum Gasteiger partial charge on any atom is 0.350 e. The average molecular weight is 427 g/mol. The van der Waals surface area contributed by atoms with E-state index in [0.717, 1.165) is 11.6 Å². The fourth-order valence-electron chi connectivity index (χ4n) is 3.03. The van der Waals surface area contributed by atoms with Crippen LogP contribution < -0.4 is 9.62 Å². The van der Waals surface area contributed by atoms with Crippen LogP contribution in [-0.2, 0) is 30.0 Å². The van der Waals surface area contributed by atoms with Gasteiger partial charge in [0.15, 0.2) is 0 Å². The van der Waals surface area contributed by atoms with Gasteiger partial charge in [-0.05, 0) is 23.6 Å². The Hall–Kier alpha value is -2.66. The summed E-state index contributed by atoms with van der Waals surface area (Å²) in [6, 6.07) is 4.50. The normalized spacial score (nSPS) is 12.1. The molecule has 0 aliphatic rings. The molecular formula is C18H20F3N5O2S. The Bertz CT molecular complexity index is 1150. The van der Waals surface area contributed by atoms with E-state index in [1.807, 2.05) is 18.5 Å². The van der Waals surface area contributed by atoms with Gasteiger partial charge in [0.05, 0.1) is 23.7 Å². The number of nitrogens with one attached hydrogen (secondary N) is 1. The molecule has 0 radical (unpaired) electrons.